The molecule has 1 atom stereocenters. The number of nitrogens with zero attached hydrogens (tertiary/aromatic N) is 1. The van der Waals surface area contributed by atoms with Crippen LogP contribution in [-0.2, 0) is 4.79 Å². The van der Waals surface area contributed by atoms with Crippen LogP contribution in [0.5, 0.6) is 0 Å². The molecule has 70 valence electrons. The van der Waals surface area contributed by atoms with E-state index in [9.17, 15) is 9.90 Å². The molecule has 3 nitrogen and oxygen atoms in total. The number of amides is 1. The van der Waals surface area contributed by atoms with Crippen molar-refractivity contribution in [2.45, 2.75) is 38.7 Å². The Hall–Kier alpha value is -0.570. The summed E-state index contributed by atoms with van der Waals surface area (Å²) in [6.07, 6.45) is 2.87. The van der Waals surface area contributed by atoms with Gasteiger partial charge in [0.25, 0.3) is 5.91 Å². The molecule has 1 fully saturated rings. The molecule has 1 unspecified atom stereocenters. The summed E-state index contributed by atoms with van der Waals surface area (Å²) in [5.41, 5.74) is 0. The normalized spacial score (nSPS) is 19.7. The minimum Gasteiger partial charge on any atom is -0.383 e. The van der Waals surface area contributed by atoms with Gasteiger partial charge >= 0.3 is 0 Å². The summed E-state index contributed by atoms with van der Waals surface area (Å²) < 4.78 is 0. The van der Waals surface area contributed by atoms with Crippen molar-refractivity contribution in [2.24, 2.45) is 0 Å². The molecule has 12 heavy (non-hydrogen) atoms. The molecule has 1 aliphatic rings. The quantitative estimate of drug-likeness (QED) is 0.681. The van der Waals surface area contributed by atoms with Gasteiger partial charge in [-0.25, -0.2) is 0 Å². The third kappa shape index (κ3) is 2.21. The van der Waals surface area contributed by atoms with Crippen LogP contribution in [-0.4, -0.2) is 35.1 Å². The minimum atomic E-state index is -0.756. The van der Waals surface area contributed by atoms with Crippen LogP contribution in [0.1, 0.15) is 32.6 Å². The molecular weight excluding hydrogens is 154 g/mol. The second-order valence-corrected chi connectivity index (χ2v) is 3.34. The lowest BCUT2D eigenvalue weighted by atomic mass is 10.2. The molecule has 1 rings (SSSR count). The van der Waals surface area contributed by atoms with Gasteiger partial charge < -0.3 is 10.0 Å². The van der Waals surface area contributed by atoms with Gasteiger partial charge in [-0.05, 0) is 19.3 Å². The topological polar surface area (TPSA) is 40.5 Å². The van der Waals surface area contributed by atoms with Crippen LogP contribution in [0.25, 0.3) is 0 Å². The van der Waals surface area contributed by atoms with Crippen molar-refractivity contribution in [1.82, 2.24) is 4.90 Å². The molecule has 0 bridgehead atoms. The van der Waals surface area contributed by atoms with Crippen LogP contribution in [0.15, 0.2) is 0 Å². The van der Waals surface area contributed by atoms with E-state index >= 15 is 0 Å². The summed E-state index contributed by atoms with van der Waals surface area (Å²) in [5.74, 6) is -0.0747. The predicted molar refractivity (Wildman–Crippen MR) is 46.7 cm³/mol. The largest absolute Gasteiger partial charge is 0.383 e. The molecule has 1 amide bonds. The molecule has 0 aromatic heterocycles. The average molecular weight is 171 g/mol. The lowest BCUT2D eigenvalue weighted by Gasteiger charge is -2.18. The third-order valence-electron chi connectivity index (χ3n) is 2.26. The molecule has 0 aromatic rings. The smallest absolute Gasteiger partial charge is 0.251 e. The molecule has 1 aliphatic heterocycles. The monoisotopic (exact) mass is 171 g/mol. The van der Waals surface area contributed by atoms with Crippen LogP contribution in [0.2, 0.25) is 0 Å². The van der Waals surface area contributed by atoms with E-state index in [0.717, 1.165) is 32.4 Å². The Morgan fingerprint density at radius 3 is 2.58 bits per heavy atom. The summed E-state index contributed by atoms with van der Waals surface area (Å²) >= 11 is 0. The first-order chi connectivity index (χ1) is 5.75. The zero-order valence-electron chi connectivity index (χ0n) is 7.62. The number of likely N-dealkylation sites (tertiary alicyclic amines) is 1. The van der Waals surface area contributed by atoms with Crippen molar-refractivity contribution in [2.75, 3.05) is 13.1 Å². The SMILES string of the molecule is CCCC(O)C(=O)N1CCCC1. The molecule has 1 heterocycles. The van der Waals surface area contributed by atoms with E-state index in [1.54, 1.807) is 4.90 Å². The standard InChI is InChI=1S/C9H17NO2/c1-2-5-8(11)9(12)10-6-3-4-7-10/h8,11H,2-7H2,1H3. The summed E-state index contributed by atoms with van der Waals surface area (Å²) in [5, 5.41) is 9.39. The molecular formula is C9H17NO2. The zero-order chi connectivity index (χ0) is 8.97. The Morgan fingerprint density at radius 2 is 2.08 bits per heavy atom. The fourth-order valence-electron chi connectivity index (χ4n) is 1.55. The Labute approximate surface area is 73.4 Å². The lowest BCUT2D eigenvalue weighted by Crippen LogP contribution is -2.36. The summed E-state index contributed by atoms with van der Waals surface area (Å²) in [6, 6.07) is 0. The van der Waals surface area contributed by atoms with Crippen LogP contribution in [0, 0.1) is 0 Å². The van der Waals surface area contributed by atoms with Gasteiger partial charge in [-0.1, -0.05) is 13.3 Å². The van der Waals surface area contributed by atoms with Gasteiger partial charge in [0.2, 0.25) is 0 Å². The summed E-state index contributed by atoms with van der Waals surface area (Å²) in [7, 11) is 0. The van der Waals surface area contributed by atoms with Crippen molar-refractivity contribution in [1.29, 1.82) is 0 Å². The Bertz CT molecular complexity index is 153. The second kappa shape index (κ2) is 4.45. The Balaban J connectivity index is 2.34. The van der Waals surface area contributed by atoms with Crippen LogP contribution < -0.4 is 0 Å². The maximum Gasteiger partial charge on any atom is 0.251 e. The highest BCUT2D eigenvalue weighted by molar-refractivity contribution is 5.80. The molecule has 0 radical (unpaired) electrons. The van der Waals surface area contributed by atoms with E-state index < -0.39 is 6.10 Å². The summed E-state index contributed by atoms with van der Waals surface area (Å²) in [4.78, 5) is 13.2. The molecule has 0 aromatic carbocycles. The minimum absolute atomic E-state index is 0.0747. The van der Waals surface area contributed by atoms with Crippen molar-refractivity contribution < 1.29 is 9.90 Å². The maximum absolute atomic E-state index is 11.4. The van der Waals surface area contributed by atoms with Crippen molar-refractivity contribution in [3.05, 3.63) is 0 Å². The van der Waals surface area contributed by atoms with Gasteiger partial charge in [-0.3, -0.25) is 4.79 Å². The van der Waals surface area contributed by atoms with E-state index in [-0.39, 0.29) is 5.91 Å². The fourth-order valence-corrected chi connectivity index (χ4v) is 1.55. The van der Waals surface area contributed by atoms with Crippen LogP contribution in [0.4, 0.5) is 0 Å². The zero-order valence-corrected chi connectivity index (χ0v) is 7.62. The van der Waals surface area contributed by atoms with Gasteiger partial charge in [0.15, 0.2) is 0 Å². The van der Waals surface area contributed by atoms with Gasteiger partial charge in [0.05, 0.1) is 0 Å². The Kier molecular flexibility index (Phi) is 3.53. The van der Waals surface area contributed by atoms with Gasteiger partial charge in [0, 0.05) is 13.1 Å². The number of hydrogen-bond donors (Lipinski definition) is 1. The third-order valence-corrected chi connectivity index (χ3v) is 2.26. The van der Waals surface area contributed by atoms with Gasteiger partial charge in [0.1, 0.15) is 6.10 Å². The highest BCUT2D eigenvalue weighted by Gasteiger charge is 2.23. The van der Waals surface area contributed by atoms with Gasteiger partial charge in [-0.2, -0.15) is 0 Å². The molecule has 0 saturated carbocycles. The number of aliphatic hydroxyl groups excluding tert-OH is 1. The molecule has 1 N–H and O–H groups in total. The highest BCUT2D eigenvalue weighted by atomic mass is 16.3. The van der Waals surface area contributed by atoms with E-state index in [0.29, 0.717) is 6.42 Å². The van der Waals surface area contributed by atoms with Crippen molar-refractivity contribution >= 4 is 5.91 Å². The van der Waals surface area contributed by atoms with E-state index in [1.165, 1.54) is 0 Å². The van der Waals surface area contributed by atoms with Gasteiger partial charge in [-0.15, -0.1) is 0 Å². The first-order valence-electron chi connectivity index (χ1n) is 4.72. The maximum atomic E-state index is 11.4. The van der Waals surface area contributed by atoms with Crippen LogP contribution in [0.3, 0.4) is 0 Å². The Morgan fingerprint density at radius 1 is 1.50 bits per heavy atom. The van der Waals surface area contributed by atoms with E-state index in [4.69, 9.17) is 0 Å². The van der Waals surface area contributed by atoms with Crippen molar-refractivity contribution in [3.63, 3.8) is 0 Å². The second-order valence-electron chi connectivity index (χ2n) is 3.34. The van der Waals surface area contributed by atoms with Crippen LogP contribution >= 0.6 is 0 Å². The van der Waals surface area contributed by atoms with E-state index in [2.05, 4.69) is 0 Å². The first kappa shape index (κ1) is 9.52. The number of carbonyl (C=O) groups is 1. The first-order valence-corrected chi connectivity index (χ1v) is 4.72. The summed E-state index contributed by atoms with van der Waals surface area (Å²) in [6.45, 7) is 3.64. The number of aliphatic hydroxyl groups is 1. The lowest BCUT2D eigenvalue weighted by molar-refractivity contribution is -0.139. The molecule has 1 saturated heterocycles. The molecule has 0 aliphatic carbocycles. The number of hydrogen-bond acceptors (Lipinski definition) is 2. The fraction of sp³-hybridized carbons (Fsp3) is 0.889. The molecule has 0 spiro atoms. The van der Waals surface area contributed by atoms with E-state index in [1.807, 2.05) is 6.92 Å². The predicted octanol–water partition coefficient (Wildman–Crippen LogP) is 0.770. The van der Waals surface area contributed by atoms with Crippen molar-refractivity contribution in [3.8, 4) is 0 Å². The number of rotatable bonds is 3. The molecule has 3 heteroatoms. The number of carbonyl (C=O) groups excluding carboxylic acids is 1. The highest BCUT2D eigenvalue weighted by Crippen LogP contribution is 2.10. The average Bonchev–Trinajstić information content (AvgIpc) is 2.55.